The zero-order chi connectivity index (χ0) is 12.6. The zero-order valence-electron chi connectivity index (χ0n) is 10.1. The van der Waals surface area contributed by atoms with Gasteiger partial charge in [-0.1, -0.05) is 0 Å². The van der Waals surface area contributed by atoms with Crippen molar-refractivity contribution in [2.75, 3.05) is 25.9 Å². The normalized spacial score (nSPS) is 11.8. The monoisotopic (exact) mass is 260 g/mol. The summed E-state index contributed by atoms with van der Waals surface area (Å²) in [5, 5.41) is 3.27. The van der Waals surface area contributed by atoms with Gasteiger partial charge in [0.25, 0.3) is 0 Å². The van der Waals surface area contributed by atoms with Crippen LogP contribution < -0.4 is 10.0 Å². The van der Waals surface area contributed by atoms with Crippen LogP contribution >= 0.6 is 0 Å². The van der Waals surface area contributed by atoms with E-state index in [1.54, 1.807) is 12.5 Å². The Morgan fingerprint density at radius 2 is 2.00 bits per heavy atom. The number of aromatic nitrogens is 2. The van der Waals surface area contributed by atoms with E-state index >= 15 is 0 Å². The first-order valence-electron chi connectivity index (χ1n) is 5.69. The van der Waals surface area contributed by atoms with E-state index in [0.717, 1.165) is 32.5 Å². The Morgan fingerprint density at radius 1 is 1.24 bits per heavy atom. The molecule has 0 atom stereocenters. The van der Waals surface area contributed by atoms with Gasteiger partial charge < -0.3 is 9.88 Å². The van der Waals surface area contributed by atoms with Crippen LogP contribution in [-0.2, 0) is 16.6 Å². The van der Waals surface area contributed by atoms with Gasteiger partial charge in [0.05, 0.1) is 12.6 Å². The lowest BCUT2D eigenvalue weighted by Crippen LogP contribution is -2.26. The molecule has 1 aromatic heterocycles. The van der Waals surface area contributed by atoms with Crippen molar-refractivity contribution in [2.24, 2.45) is 0 Å². The van der Waals surface area contributed by atoms with Crippen molar-refractivity contribution in [2.45, 2.75) is 19.4 Å². The van der Waals surface area contributed by atoms with Crippen molar-refractivity contribution in [1.29, 1.82) is 0 Å². The van der Waals surface area contributed by atoms with Crippen molar-refractivity contribution in [1.82, 2.24) is 19.6 Å². The molecule has 0 amide bonds. The van der Waals surface area contributed by atoms with E-state index < -0.39 is 10.0 Å². The molecule has 0 bridgehead atoms. The maximum Gasteiger partial charge on any atom is 0.208 e. The summed E-state index contributed by atoms with van der Waals surface area (Å²) in [6.07, 6.45) is 8.52. The summed E-state index contributed by atoms with van der Waals surface area (Å²) in [7, 11) is -3.04. The number of nitrogens with zero attached hydrogens (tertiary/aromatic N) is 2. The third kappa shape index (κ3) is 7.89. The molecule has 0 aliphatic heterocycles. The molecule has 0 aliphatic rings. The minimum absolute atomic E-state index is 0.493. The molecule has 0 fully saturated rings. The van der Waals surface area contributed by atoms with E-state index in [0.29, 0.717) is 6.54 Å². The Kier molecular flexibility index (Phi) is 6.17. The third-order valence-electron chi connectivity index (χ3n) is 2.22. The van der Waals surface area contributed by atoms with Gasteiger partial charge in [0.1, 0.15) is 0 Å². The van der Waals surface area contributed by atoms with Crippen LogP contribution in [0.5, 0.6) is 0 Å². The Hall–Kier alpha value is -0.920. The molecular formula is C10H20N4O2S. The molecular weight excluding hydrogens is 240 g/mol. The van der Waals surface area contributed by atoms with Gasteiger partial charge in [0, 0.05) is 25.5 Å². The van der Waals surface area contributed by atoms with Gasteiger partial charge in [-0.3, -0.25) is 0 Å². The Bertz CT molecular complexity index is 388. The van der Waals surface area contributed by atoms with Crippen LogP contribution in [0.4, 0.5) is 0 Å². The first kappa shape index (κ1) is 14.1. The number of hydrogen-bond donors (Lipinski definition) is 2. The Balaban J connectivity index is 1.88. The zero-order valence-corrected chi connectivity index (χ0v) is 10.9. The minimum atomic E-state index is -3.04. The van der Waals surface area contributed by atoms with E-state index in [-0.39, 0.29) is 0 Å². The van der Waals surface area contributed by atoms with Crippen LogP contribution in [-0.4, -0.2) is 43.9 Å². The number of sulfonamides is 1. The van der Waals surface area contributed by atoms with E-state index in [1.807, 2.05) is 10.8 Å². The average molecular weight is 260 g/mol. The van der Waals surface area contributed by atoms with Crippen LogP contribution in [0.25, 0.3) is 0 Å². The fraction of sp³-hybridized carbons (Fsp3) is 0.700. The SMILES string of the molecule is CS(=O)(=O)NCCCNCCCn1ccnc1. The standard InChI is InChI=1S/C10H20N4O2S/c1-17(15,16)13-6-2-4-11-5-3-8-14-9-7-12-10-14/h7,9-11,13H,2-6,8H2,1H3. The topological polar surface area (TPSA) is 76.0 Å². The van der Waals surface area contributed by atoms with Crippen molar-refractivity contribution in [3.05, 3.63) is 18.7 Å². The lowest BCUT2D eigenvalue weighted by atomic mass is 10.4. The van der Waals surface area contributed by atoms with Crippen LogP contribution in [0.3, 0.4) is 0 Å². The fourth-order valence-electron chi connectivity index (χ4n) is 1.40. The number of imidazole rings is 1. The average Bonchev–Trinajstić information content (AvgIpc) is 2.73. The summed E-state index contributed by atoms with van der Waals surface area (Å²) in [6, 6.07) is 0. The number of rotatable bonds is 9. The minimum Gasteiger partial charge on any atom is -0.337 e. The molecule has 0 unspecified atom stereocenters. The van der Waals surface area contributed by atoms with Gasteiger partial charge in [-0.05, 0) is 25.9 Å². The quantitative estimate of drug-likeness (QED) is 0.603. The molecule has 0 aliphatic carbocycles. The molecule has 6 nitrogen and oxygen atoms in total. The summed E-state index contributed by atoms with van der Waals surface area (Å²) >= 11 is 0. The number of hydrogen-bond acceptors (Lipinski definition) is 4. The Morgan fingerprint density at radius 3 is 2.65 bits per heavy atom. The lowest BCUT2D eigenvalue weighted by Gasteiger charge is -2.05. The van der Waals surface area contributed by atoms with Crippen LogP contribution in [0, 0.1) is 0 Å². The predicted molar refractivity (Wildman–Crippen MR) is 67.2 cm³/mol. The van der Waals surface area contributed by atoms with E-state index in [2.05, 4.69) is 15.0 Å². The highest BCUT2D eigenvalue weighted by Crippen LogP contribution is 1.89. The molecule has 1 aromatic rings. The van der Waals surface area contributed by atoms with Gasteiger partial charge in [0.2, 0.25) is 10.0 Å². The van der Waals surface area contributed by atoms with Gasteiger partial charge in [-0.2, -0.15) is 0 Å². The molecule has 0 saturated heterocycles. The first-order chi connectivity index (χ1) is 8.08. The maximum absolute atomic E-state index is 10.8. The summed E-state index contributed by atoms with van der Waals surface area (Å²) in [5.41, 5.74) is 0. The van der Waals surface area contributed by atoms with E-state index in [1.165, 1.54) is 6.26 Å². The predicted octanol–water partition coefficient (Wildman–Crippen LogP) is -0.198. The molecule has 0 saturated carbocycles. The number of aryl methyl sites for hydroxylation is 1. The smallest absolute Gasteiger partial charge is 0.208 e. The van der Waals surface area contributed by atoms with Crippen LogP contribution in [0.1, 0.15) is 12.8 Å². The first-order valence-corrected chi connectivity index (χ1v) is 7.58. The second-order valence-electron chi connectivity index (χ2n) is 3.92. The van der Waals surface area contributed by atoms with Gasteiger partial charge in [-0.15, -0.1) is 0 Å². The summed E-state index contributed by atoms with van der Waals surface area (Å²) in [4.78, 5) is 3.96. The van der Waals surface area contributed by atoms with Crippen LogP contribution in [0.2, 0.25) is 0 Å². The second kappa shape index (κ2) is 7.41. The molecule has 0 radical (unpaired) electrons. The summed E-state index contributed by atoms with van der Waals surface area (Å²) in [5.74, 6) is 0. The number of nitrogens with one attached hydrogen (secondary N) is 2. The second-order valence-corrected chi connectivity index (χ2v) is 5.76. The molecule has 17 heavy (non-hydrogen) atoms. The van der Waals surface area contributed by atoms with Crippen molar-refractivity contribution >= 4 is 10.0 Å². The molecule has 2 N–H and O–H groups in total. The molecule has 0 aromatic carbocycles. The molecule has 7 heteroatoms. The van der Waals surface area contributed by atoms with E-state index in [9.17, 15) is 8.42 Å². The summed E-state index contributed by atoms with van der Waals surface area (Å²) in [6.45, 7) is 3.20. The van der Waals surface area contributed by atoms with Crippen molar-refractivity contribution in [3.8, 4) is 0 Å². The molecule has 1 heterocycles. The summed E-state index contributed by atoms with van der Waals surface area (Å²) < 4.78 is 26.0. The fourth-order valence-corrected chi connectivity index (χ4v) is 1.92. The van der Waals surface area contributed by atoms with Gasteiger partial charge >= 0.3 is 0 Å². The molecule has 98 valence electrons. The van der Waals surface area contributed by atoms with E-state index in [4.69, 9.17) is 0 Å². The lowest BCUT2D eigenvalue weighted by molar-refractivity contribution is 0.560. The van der Waals surface area contributed by atoms with Gasteiger partial charge in [-0.25, -0.2) is 18.1 Å². The van der Waals surface area contributed by atoms with Crippen molar-refractivity contribution < 1.29 is 8.42 Å². The molecule has 0 spiro atoms. The highest BCUT2D eigenvalue weighted by molar-refractivity contribution is 7.88. The highest BCUT2D eigenvalue weighted by atomic mass is 32.2. The van der Waals surface area contributed by atoms with Gasteiger partial charge in [0.15, 0.2) is 0 Å². The third-order valence-corrected chi connectivity index (χ3v) is 2.95. The molecule has 1 rings (SSSR count). The van der Waals surface area contributed by atoms with Crippen LogP contribution in [0.15, 0.2) is 18.7 Å². The Labute approximate surface area is 102 Å². The largest absolute Gasteiger partial charge is 0.337 e. The maximum atomic E-state index is 10.8. The van der Waals surface area contributed by atoms with Crippen molar-refractivity contribution in [3.63, 3.8) is 0 Å². The highest BCUT2D eigenvalue weighted by Gasteiger charge is 1.98.